The molecule has 2 rings (SSSR count). The van der Waals surface area contributed by atoms with E-state index in [1.807, 2.05) is 0 Å². The van der Waals surface area contributed by atoms with Gasteiger partial charge in [-0.25, -0.2) is 9.36 Å². The molecule has 0 unspecified atom stereocenters. The molecule has 0 radical (unpaired) electrons. The number of aromatic amines is 1. The topological polar surface area (TPSA) is 177 Å². The highest BCUT2D eigenvalue weighted by atomic mass is 31.2. The van der Waals surface area contributed by atoms with Crippen molar-refractivity contribution in [3.05, 3.63) is 44.9 Å². The van der Waals surface area contributed by atoms with E-state index in [4.69, 9.17) is 20.3 Å². The van der Waals surface area contributed by atoms with E-state index in [1.54, 1.807) is 0 Å². The molecule has 0 saturated carbocycles. The molecule has 0 bridgehead atoms. The number of hydrogen-bond acceptors (Lipinski definition) is 7. The fourth-order valence-corrected chi connectivity index (χ4v) is 2.63. The van der Waals surface area contributed by atoms with Crippen LogP contribution in [0.15, 0.2) is 28.1 Å². The first-order valence-corrected chi connectivity index (χ1v) is 8.49. The van der Waals surface area contributed by atoms with Gasteiger partial charge in [0.15, 0.2) is 0 Å². The van der Waals surface area contributed by atoms with Crippen LogP contribution in [0.3, 0.4) is 0 Å². The Morgan fingerprint density at radius 2 is 2.21 bits per heavy atom. The van der Waals surface area contributed by atoms with Gasteiger partial charge in [-0.2, -0.15) is 0 Å². The van der Waals surface area contributed by atoms with Crippen LogP contribution in [-0.4, -0.2) is 43.3 Å². The lowest BCUT2D eigenvalue weighted by atomic mass is 10.2. The van der Waals surface area contributed by atoms with Crippen LogP contribution in [0.25, 0.3) is 0 Å². The Morgan fingerprint density at radius 3 is 2.83 bits per heavy atom. The molecular formula is C12H18N3O8P. The molecule has 0 spiro atoms. The summed E-state index contributed by atoms with van der Waals surface area (Å²) in [6.45, 7) is -0.539. The Morgan fingerprint density at radius 1 is 1.50 bits per heavy atom. The molecule has 3 atom stereocenters. The molecule has 11 nitrogen and oxygen atoms in total. The zero-order valence-electron chi connectivity index (χ0n) is 12.4. The van der Waals surface area contributed by atoms with Crippen LogP contribution >= 0.6 is 7.82 Å². The summed E-state index contributed by atoms with van der Waals surface area (Å²) in [6.07, 6.45) is 1.27. The van der Waals surface area contributed by atoms with E-state index in [2.05, 4.69) is 9.51 Å². The summed E-state index contributed by atoms with van der Waals surface area (Å²) in [5.74, 6) is 0. The average molecular weight is 363 g/mol. The maximum atomic E-state index is 11.9. The first-order valence-electron chi connectivity index (χ1n) is 6.96. The van der Waals surface area contributed by atoms with E-state index >= 15 is 0 Å². The van der Waals surface area contributed by atoms with E-state index in [0.717, 1.165) is 4.57 Å². The molecule has 1 aromatic rings. The molecule has 0 aromatic carbocycles. The molecule has 12 heteroatoms. The Labute approximate surface area is 135 Å². The summed E-state index contributed by atoms with van der Waals surface area (Å²) in [7, 11) is -4.70. The molecule has 6 N–H and O–H groups in total. The third-order valence-electron chi connectivity index (χ3n) is 3.44. The van der Waals surface area contributed by atoms with Gasteiger partial charge >= 0.3 is 13.5 Å². The fourth-order valence-electron chi connectivity index (χ4n) is 2.29. The molecule has 1 aliphatic heterocycles. The lowest BCUT2D eigenvalue weighted by Crippen LogP contribution is -2.34. The number of phosphoric acid groups is 1. The number of allylic oxidation sites excluding steroid dienone is 1. The summed E-state index contributed by atoms with van der Waals surface area (Å²) >= 11 is 0. The first-order chi connectivity index (χ1) is 11.2. The number of rotatable bonds is 6. The van der Waals surface area contributed by atoms with E-state index in [0.29, 0.717) is 0 Å². The van der Waals surface area contributed by atoms with Gasteiger partial charge in [-0.1, -0.05) is 6.08 Å². The zero-order valence-corrected chi connectivity index (χ0v) is 13.3. The maximum absolute atomic E-state index is 11.9. The number of phosphoric ester groups is 1. The SMILES string of the molecule is N/C=C/Cc1cn([C@H]2C[C@H](O)[C@@H](COP(=O)(O)O)O2)c(=O)[nH]c1=O. The summed E-state index contributed by atoms with van der Waals surface area (Å²) in [5.41, 5.74) is 4.20. The first kappa shape index (κ1) is 18.6. The van der Waals surface area contributed by atoms with Crippen molar-refractivity contribution in [1.82, 2.24) is 9.55 Å². The normalized spacial score (nSPS) is 24.7. The number of nitrogens with zero attached hydrogens (tertiary/aromatic N) is 1. The van der Waals surface area contributed by atoms with Crippen LogP contribution in [0, 0.1) is 0 Å². The second-order valence-corrected chi connectivity index (χ2v) is 6.41. The number of hydrogen-bond donors (Lipinski definition) is 5. The van der Waals surface area contributed by atoms with E-state index in [1.165, 1.54) is 18.5 Å². The standard InChI is InChI=1S/C12H18N3O8P/c13-3-1-2-7-5-15(12(18)14-11(7)17)10-4-8(16)9(23-10)6-22-24(19,20)21/h1,3,5,8-10,16H,2,4,6,13H2,(H,14,17,18)(H2,19,20,21)/b3-1+/t8-,9+,10+/m0/s1. The van der Waals surface area contributed by atoms with Crippen LogP contribution in [0.1, 0.15) is 18.2 Å². The number of nitrogens with one attached hydrogen (secondary N) is 1. The van der Waals surface area contributed by atoms with Gasteiger partial charge in [0.25, 0.3) is 5.56 Å². The van der Waals surface area contributed by atoms with Gasteiger partial charge in [-0.15, -0.1) is 0 Å². The Kier molecular flexibility index (Phi) is 5.75. The van der Waals surface area contributed by atoms with E-state index in [9.17, 15) is 19.3 Å². The van der Waals surface area contributed by atoms with Crippen molar-refractivity contribution >= 4 is 7.82 Å². The molecule has 2 heterocycles. The monoisotopic (exact) mass is 363 g/mol. The molecule has 1 fully saturated rings. The fraction of sp³-hybridized carbons (Fsp3) is 0.500. The van der Waals surface area contributed by atoms with Crippen LogP contribution in [-0.2, 0) is 20.2 Å². The lowest BCUT2D eigenvalue weighted by Gasteiger charge is -2.16. The third kappa shape index (κ3) is 4.63. The van der Waals surface area contributed by atoms with Crippen LogP contribution in [0.2, 0.25) is 0 Å². The van der Waals surface area contributed by atoms with Gasteiger partial charge in [0.05, 0.1) is 12.7 Å². The van der Waals surface area contributed by atoms with Crippen LogP contribution in [0.4, 0.5) is 0 Å². The van der Waals surface area contributed by atoms with Crippen molar-refractivity contribution in [3.63, 3.8) is 0 Å². The minimum absolute atomic E-state index is 0.00664. The molecule has 1 aromatic heterocycles. The van der Waals surface area contributed by atoms with E-state index in [-0.39, 0.29) is 18.4 Å². The second kappa shape index (κ2) is 7.43. The predicted molar refractivity (Wildman–Crippen MR) is 80.9 cm³/mol. The quantitative estimate of drug-likeness (QED) is 0.369. The number of nitrogens with two attached hydrogens (primary N) is 1. The van der Waals surface area contributed by atoms with Crippen molar-refractivity contribution in [2.75, 3.05) is 6.61 Å². The van der Waals surface area contributed by atoms with Crippen molar-refractivity contribution in [1.29, 1.82) is 0 Å². The summed E-state index contributed by atoms with van der Waals surface area (Å²) in [6, 6.07) is 0. The summed E-state index contributed by atoms with van der Waals surface area (Å²) in [5, 5.41) is 9.90. The largest absolute Gasteiger partial charge is 0.469 e. The third-order valence-corrected chi connectivity index (χ3v) is 3.92. The summed E-state index contributed by atoms with van der Waals surface area (Å²) in [4.78, 5) is 43.1. The van der Waals surface area contributed by atoms with Gasteiger partial charge in [0.1, 0.15) is 12.3 Å². The highest BCUT2D eigenvalue weighted by Gasteiger charge is 2.37. The minimum Gasteiger partial charge on any atom is -0.405 e. The van der Waals surface area contributed by atoms with Gasteiger partial charge in [-0.05, 0) is 12.6 Å². The van der Waals surface area contributed by atoms with Gasteiger partial charge < -0.3 is 25.4 Å². The van der Waals surface area contributed by atoms with Gasteiger partial charge in [-0.3, -0.25) is 18.9 Å². The van der Waals surface area contributed by atoms with Gasteiger partial charge in [0, 0.05) is 18.2 Å². The van der Waals surface area contributed by atoms with Gasteiger partial charge in [0.2, 0.25) is 0 Å². The Balaban J connectivity index is 2.18. The Hall–Kier alpha value is -1.75. The molecule has 0 amide bonds. The van der Waals surface area contributed by atoms with E-state index < -0.39 is 44.1 Å². The molecule has 1 aliphatic rings. The number of H-pyrrole nitrogens is 1. The van der Waals surface area contributed by atoms with Crippen molar-refractivity contribution in [2.45, 2.75) is 31.3 Å². The van der Waals surface area contributed by atoms with Crippen LogP contribution in [0.5, 0.6) is 0 Å². The predicted octanol–water partition coefficient (Wildman–Crippen LogP) is -1.69. The average Bonchev–Trinajstić information content (AvgIpc) is 2.84. The molecule has 24 heavy (non-hydrogen) atoms. The highest BCUT2D eigenvalue weighted by Crippen LogP contribution is 2.38. The minimum atomic E-state index is -4.70. The Bertz CT molecular complexity index is 766. The maximum Gasteiger partial charge on any atom is 0.469 e. The van der Waals surface area contributed by atoms with Crippen molar-refractivity contribution < 1.29 is 28.7 Å². The number of aliphatic hydroxyl groups excluding tert-OH is 1. The van der Waals surface area contributed by atoms with Crippen molar-refractivity contribution in [3.8, 4) is 0 Å². The molecular weight excluding hydrogens is 345 g/mol. The van der Waals surface area contributed by atoms with Crippen molar-refractivity contribution in [2.24, 2.45) is 5.73 Å². The number of aliphatic hydroxyl groups is 1. The smallest absolute Gasteiger partial charge is 0.405 e. The lowest BCUT2D eigenvalue weighted by molar-refractivity contribution is -0.0451. The molecule has 0 aliphatic carbocycles. The zero-order chi connectivity index (χ0) is 17.9. The second-order valence-electron chi connectivity index (χ2n) is 5.17. The molecule has 134 valence electrons. The number of aromatic nitrogens is 2. The van der Waals surface area contributed by atoms with Crippen LogP contribution < -0.4 is 17.0 Å². The molecule has 1 saturated heterocycles. The number of ether oxygens (including phenoxy) is 1. The highest BCUT2D eigenvalue weighted by molar-refractivity contribution is 7.46. The summed E-state index contributed by atoms with van der Waals surface area (Å²) < 4.78 is 21.5.